The van der Waals surface area contributed by atoms with E-state index in [1.165, 1.54) is 6.92 Å². The first-order chi connectivity index (χ1) is 15.4. The summed E-state index contributed by atoms with van der Waals surface area (Å²) in [5.41, 5.74) is 0.744. The van der Waals surface area contributed by atoms with Gasteiger partial charge in [0, 0.05) is 11.9 Å². The highest BCUT2D eigenvalue weighted by Gasteiger charge is 2.51. The predicted octanol–water partition coefficient (Wildman–Crippen LogP) is 3.30. The van der Waals surface area contributed by atoms with Crippen LogP contribution in [0.25, 0.3) is 10.8 Å². The molecule has 168 valence electrons. The molecule has 1 saturated carbocycles. The van der Waals surface area contributed by atoms with E-state index < -0.39 is 18.6 Å². The van der Waals surface area contributed by atoms with Crippen molar-refractivity contribution in [1.82, 2.24) is 4.90 Å². The van der Waals surface area contributed by atoms with E-state index in [9.17, 15) is 19.2 Å². The van der Waals surface area contributed by atoms with Gasteiger partial charge in [0.05, 0.1) is 17.5 Å². The Balaban J connectivity index is 1.43. The summed E-state index contributed by atoms with van der Waals surface area (Å²) >= 11 is 0. The molecule has 1 aliphatic carbocycles. The second-order valence-electron chi connectivity index (χ2n) is 8.46. The molecular weight excluding hydrogens is 408 g/mol. The van der Waals surface area contributed by atoms with Crippen molar-refractivity contribution in [1.29, 1.82) is 0 Å². The van der Waals surface area contributed by atoms with Gasteiger partial charge in [-0.25, -0.2) is 4.79 Å². The van der Waals surface area contributed by atoms with Crippen LogP contribution in [0, 0.1) is 11.8 Å². The number of esters is 1. The van der Waals surface area contributed by atoms with Gasteiger partial charge in [-0.3, -0.25) is 19.3 Å². The van der Waals surface area contributed by atoms with Crippen molar-refractivity contribution in [2.45, 2.75) is 45.6 Å². The Morgan fingerprint density at radius 2 is 1.66 bits per heavy atom. The van der Waals surface area contributed by atoms with Crippen LogP contribution in [0.15, 0.2) is 42.5 Å². The first-order valence-electron chi connectivity index (χ1n) is 11.3. The van der Waals surface area contributed by atoms with Crippen molar-refractivity contribution < 1.29 is 23.9 Å². The van der Waals surface area contributed by atoms with Gasteiger partial charge in [-0.1, -0.05) is 49.2 Å². The molecule has 2 aromatic rings. The number of hydrogen-bond donors (Lipinski definition) is 0. The highest BCUT2D eigenvalue weighted by atomic mass is 16.5. The maximum absolute atomic E-state index is 12.9. The zero-order valence-corrected chi connectivity index (χ0v) is 18.5. The van der Waals surface area contributed by atoms with E-state index >= 15 is 0 Å². The first kappa shape index (κ1) is 22.0. The minimum atomic E-state index is -1.04. The number of rotatable bonds is 6. The average Bonchev–Trinajstić information content (AvgIpc) is 3.07. The summed E-state index contributed by atoms with van der Waals surface area (Å²) in [5.74, 6) is -2.34. The quantitative estimate of drug-likeness (QED) is 0.513. The minimum absolute atomic E-state index is 0.290. The number of likely N-dealkylation sites (tertiary alicyclic amines) is 1. The Hall–Kier alpha value is -3.22. The monoisotopic (exact) mass is 436 g/mol. The number of nitrogens with zero attached hydrogens (tertiary/aromatic N) is 2. The molecule has 0 aromatic heterocycles. The Morgan fingerprint density at radius 1 is 1.03 bits per heavy atom. The summed E-state index contributed by atoms with van der Waals surface area (Å²) in [7, 11) is 0. The highest BCUT2D eigenvalue weighted by molar-refractivity contribution is 6.08. The average molecular weight is 437 g/mol. The Labute approximate surface area is 187 Å². The normalized spacial score (nSPS) is 21.4. The van der Waals surface area contributed by atoms with Crippen molar-refractivity contribution >= 4 is 40.2 Å². The van der Waals surface area contributed by atoms with Crippen LogP contribution in [-0.4, -0.2) is 47.8 Å². The first-order valence-corrected chi connectivity index (χ1v) is 11.3. The predicted molar refractivity (Wildman–Crippen MR) is 120 cm³/mol. The number of carbonyl (C=O) groups excluding carboxylic acids is 4. The molecule has 4 rings (SSSR count). The van der Waals surface area contributed by atoms with Gasteiger partial charge in [0.2, 0.25) is 11.8 Å². The molecule has 2 fully saturated rings. The fraction of sp³-hybridized carbons (Fsp3) is 0.440. The second kappa shape index (κ2) is 9.10. The lowest BCUT2D eigenvalue weighted by Gasteiger charge is -2.24. The topological polar surface area (TPSA) is 84.0 Å². The van der Waals surface area contributed by atoms with Crippen molar-refractivity contribution in [3.05, 3.63) is 42.5 Å². The maximum Gasteiger partial charge on any atom is 0.329 e. The number of benzene rings is 2. The molecule has 1 heterocycles. The summed E-state index contributed by atoms with van der Waals surface area (Å²) in [6.45, 7) is 3.30. The Morgan fingerprint density at radius 3 is 2.31 bits per heavy atom. The number of imide groups is 1. The van der Waals surface area contributed by atoms with Crippen LogP contribution in [-0.2, 0) is 23.9 Å². The minimum Gasteiger partial charge on any atom is -0.454 e. The molecule has 0 spiro atoms. The van der Waals surface area contributed by atoms with Gasteiger partial charge in [0.15, 0.2) is 6.61 Å². The number of ether oxygens (including phenoxy) is 1. The van der Waals surface area contributed by atoms with Crippen molar-refractivity contribution in [3.8, 4) is 0 Å². The molecular formula is C25H28N2O5. The Bertz CT molecular complexity index is 1040. The number of anilines is 1. The molecule has 32 heavy (non-hydrogen) atoms. The molecule has 2 unspecified atom stereocenters. The molecule has 0 bridgehead atoms. The largest absolute Gasteiger partial charge is 0.454 e. The molecule has 1 saturated heterocycles. The van der Waals surface area contributed by atoms with Crippen LogP contribution in [0.4, 0.5) is 5.69 Å². The third-order valence-electron chi connectivity index (χ3n) is 6.62. The summed E-state index contributed by atoms with van der Waals surface area (Å²) < 4.78 is 5.27. The van der Waals surface area contributed by atoms with Crippen LogP contribution < -0.4 is 4.90 Å². The lowest BCUT2D eigenvalue weighted by atomic mass is 9.81. The smallest absolute Gasteiger partial charge is 0.329 e. The van der Waals surface area contributed by atoms with Gasteiger partial charge in [-0.05, 0) is 38.1 Å². The molecule has 2 aliphatic rings. The third kappa shape index (κ3) is 3.87. The summed E-state index contributed by atoms with van der Waals surface area (Å²) in [4.78, 5) is 53.6. The number of carbonyl (C=O) groups is 4. The summed E-state index contributed by atoms with van der Waals surface area (Å²) in [5, 5.41) is 1.94. The number of hydrogen-bond acceptors (Lipinski definition) is 5. The van der Waals surface area contributed by atoms with Crippen LogP contribution in [0.2, 0.25) is 0 Å². The van der Waals surface area contributed by atoms with Crippen LogP contribution in [0.1, 0.15) is 39.5 Å². The highest BCUT2D eigenvalue weighted by Crippen LogP contribution is 2.39. The fourth-order valence-corrected chi connectivity index (χ4v) is 4.93. The van der Waals surface area contributed by atoms with E-state index in [4.69, 9.17) is 4.74 Å². The fourth-order valence-electron chi connectivity index (χ4n) is 4.93. The lowest BCUT2D eigenvalue weighted by Crippen LogP contribution is -2.45. The second-order valence-corrected chi connectivity index (χ2v) is 8.46. The molecule has 1 aliphatic heterocycles. The SMILES string of the molecule is CCN(C(=O)COC(=O)[C@H](C)N1C(=O)C2CCCCC2C1=O)c1cccc2ccccc12. The van der Waals surface area contributed by atoms with E-state index in [0.29, 0.717) is 19.4 Å². The summed E-state index contributed by atoms with van der Waals surface area (Å²) in [6, 6.07) is 12.4. The van der Waals surface area contributed by atoms with Gasteiger partial charge < -0.3 is 9.64 Å². The molecule has 7 nitrogen and oxygen atoms in total. The third-order valence-corrected chi connectivity index (χ3v) is 6.62. The standard InChI is InChI=1S/C25H28N2O5/c1-3-26(21-14-8-10-17-9-4-5-11-18(17)21)22(28)15-32-25(31)16(2)27-23(29)19-12-6-7-13-20(19)24(27)30/h4-5,8-11,14,16,19-20H,3,6-7,12-13,15H2,1-2H3/t16-,19?,20?/m0/s1. The van der Waals surface area contributed by atoms with Gasteiger partial charge in [-0.2, -0.15) is 0 Å². The van der Waals surface area contributed by atoms with E-state index in [-0.39, 0.29) is 29.6 Å². The van der Waals surface area contributed by atoms with Crippen LogP contribution >= 0.6 is 0 Å². The number of amides is 3. The van der Waals surface area contributed by atoms with Crippen molar-refractivity contribution in [3.63, 3.8) is 0 Å². The van der Waals surface area contributed by atoms with Gasteiger partial charge in [0.25, 0.3) is 5.91 Å². The molecule has 3 atom stereocenters. The van der Waals surface area contributed by atoms with Crippen molar-refractivity contribution in [2.24, 2.45) is 11.8 Å². The summed E-state index contributed by atoms with van der Waals surface area (Å²) in [6.07, 6.45) is 3.20. The molecule has 2 aromatic carbocycles. The van der Waals surface area contributed by atoms with Crippen LogP contribution in [0.3, 0.4) is 0 Å². The molecule has 0 radical (unpaired) electrons. The van der Waals surface area contributed by atoms with Gasteiger partial charge in [0.1, 0.15) is 6.04 Å². The van der Waals surface area contributed by atoms with Gasteiger partial charge in [-0.15, -0.1) is 0 Å². The van der Waals surface area contributed by atoms with Crippen LogP contribution in [0.5, 0.6) is 0 Å². The zero-order valence-electron chi connectivity index (χ0n) is 18.5. The lowest BCUT2D eigenvalue weighted by molar-refractivity contribution is -0.159. The van der Waals surface area contributed by atoms with Gasteiger partial charge >= 0.3 is 5.97 Å². The Kier molecular flexibility index (Phi) is 6.26. The van der Waals surface area contributed by atoms with E-state index in [0.717, 1.165) is 34.2 Å². The zero-order chi connectivity index (χ0) is 22.8. The van der Waals surface area contributed by atoms with Crippen molar-refractivity contribution in [2.75, 3.05) is 18.1 Å². The molecule has 3 amide bonds. The van der Waals surface area contributed by atoms with E-state index in [1.807, 2.05) is 49.4 Å². The molecule has 7 heteroatoms. The number of fused-ring (bicyclic) bond motifs is 2. The van der Waals surface area contributed by atoms with E-state index in [2.05, 4.69) is 0 Å². The number of likely N-dealkylation sites (N-methyl/N-ethyl adjacent to an activating group) is 1. The van der Waals surface area contributed by atoms with E-state index in [1.54, 1.807) is 4.90 Å². The molecule has 0 N–H and O–H groups in total. The maximum atomic E-state index is 12.9.